The van der Waals surface area contributed by atoms with Crippen molar-refractivity contribution in [3.8, 4) is 0 Å². The maximum absolute atomic E-state index is 12.2. The first-order valence-electron chi connectivity index (χ1n) is 22.5. The molecular weight excluding hydrogens is 585 g/mol. The summed E-state index contributed by atoms with van der Waals surface area (Å²) in [5.41, 5.74) is 0. The van der Waals surface area contributed by atoms with Crippen LogP contribution in [0.25, 0.3) is 0 Å². The first-order chi connectivity index (χ1) is 23.3. The second-order valence-electron chi connectivity index (χ2n) is 17.0. The van der Waals surface area contributed by atoms with E-state index in [1.807, 2.05) is 0 Å². The molecule has 2 nitrogen and oxygen atoms in total. The van der Waals surface area contributed by atoms with E-state index in [0.29, 0.717) is 18.9 Å². The molecule has 0 aliphatic rings. The zero-order chi connectivity index (χ0) is 35.3. The lowest BCUT2D eigenvalue weighted by Crippen LogP contribution is -2.09. The first-order valence-corrected chi connectivity index (χ1v) is 22.5. The van der Waals surface area contributed by atoms with Gasteiger partial charge in [-0.1, -0.05) is 241 Å². The van der Waals surface area contributed by atoms with Crippen molar-refractivity contribution >= 4 is 5.97 Å². The maximum atomic E-state index is 12.2. The fourth-order valence-corrected chi connectivity index (χ4v) is 7.44. The molecule has 48 heavy (non-hydrogen) atoms. The molecule has 0 spiro atoms. The Bertz CT molecular complexity index is 628. The van der Waals surface area contributed by atoms with E-state index in [1.54, 1.807) is 0 Å². The monoisotopic (exact) mass is 677 g/mol. The summed E-state index contributed by atoms with van der Waals surface area (Å²) >= 11 is 0. The molecule has 0 bridgehead atoms. The number of rotatable bonds is 39. The molecule has 0 aliphatic heterocycles. The van der Waals surface area contributed by atoms with Crippen molar-refractivity contribution in [2.45, 2.75) is 260 Å². The van der Waals surface area contributed by atoms with Gasteiger partial charge in [-0.25, -0.2) is 0 Å². The topological polar surface area (TPSA) is 26.3 Å². The molecule has 2 heteroatoms. The molecule has 0 saturated carbocycles. The van der Waals surface area contributed by atoms with Crippen LogP contribution < -0.4 is 0 Å². The van der Waals surface area contributed by atoms with Crippen molar-refractivity contribution in [2.24, 2.45) is 23.7 Å². The minimum atomic E-state index is 0.0257. The van der Waals surface area contributed by atoms with Gasteiger partial charge in [-0.2, -0.15) is 0 Å². The van der Waals surface area contributed by atoms with Crippen LogP contribution >= 0.6 is 0 Å². The van der Waals surface area contributed by atoms with E-state index in [1.165, 1.54) is 199 Å². The van der Waals surface area contributed by atoms with Gasteiger partial charge in [-0.3, -0.25) is 4.79 Å². The van der Waals surface area contributed by atoms with E-state index in [2.05, 4.69) is 41.5 Å². The van der Waals surface area contributed by atoms with Crippen LogP contribution in [0.4, 0.5) is 0 Å². The van der Waals surface area contributed by atoms with Crippen LogP contribution in [0.5, 0.6) is 0 Å². The summed E-state index contributed by atoms with van der Waals surface area (Å²) in [5.74, 6) is 3.28. The van der Waals surface area contributed by atoms with Gasteiger partial charge in [-0.05, 0) is 36.5 Å². The normalized spacial score (nSPS) is 13.6. The number of carbonyl (C=O) groups excluding carboxylic acids is 1. The molecular formula is C46H92O2. The lowest BCUT2D eigenvalue weighted by atomic mass is 9.91. The van der Waals surface area contributed by atoms with E-state index in [4.69, 9.17) is 4.74 Å². The molecule has 0 aromatic rings. The Morgan fingerprint density at radius 2 is 0.667 bits per heavy atom. The number of ether oxygens (including phenoxy) is 1. The average molecular weight is 677 g/mol. The van der Waals surface area contributed by atoms with Crippen molar-refractivity contribution in [3.63, 3.8) is 0 Å². The van der Waals surface area contributed by atoms with Crippen molar-refractivity contribution in [1.29, 1.82) is 0 Å². The molecule has 0 amide bonds. The smallest absolute Gasteiger partial charge is 0.305 e. The predicted molar refractivity (Wildman–Crippen MR) is 216 cm³/mol. The second-order valence-corrected chi connectivity index (χ2v) is 17.0. The van der Waals surface area contributed by atoms with Crippen molar-refractivity contribution < 1.29 is 9.53 Å². The molecule has 0 N–H and O–H groups in total. The van der Waals surface area contributed by atoms with Gasteiger partial charge < -0.3 is 4.74 Å². The SMILES string of the molecule is CCCCCCCCCCCCCCCCCCCCCCCCCC(=O)OCCC(C)CCCC(C)CCCC(C)CCCC(C)C. The highest BCUT2D eigenvalue weighted by molar-refractivity contribution is 5.69. The third kappa shape index (κ3) is 38.3. The predicted octanol–water partition coefficient (Wildman–Crippen LogP) is 16.4. The minimum Gasteiger partial charge on any atom is -0.466 e. The van der Waals surface area contributed by atoms with Gasteiger partial charge in [0.1, 0.15) is 0 Å². The van der Waals surface area contributed by atoms with Crippen LogP contribution in [0.2, 0.25) is 0 Å². The van der Waals surface area contributed by atoms with Gasteiger partial charge >= 0.3 is 5.97 Å². The standard InChI is InChI=1S/C46H92O2/c1-7-8-9-10-11-12-13-14-15-16-17-18-19-20-21-22-23-24-25-26-27-28-29-39-46(47)48-41-40-45(6)38-32-37-44(5)36-31-35-43(4)34-30-33-42(2)3/h42-45H,7-41H2,1-6H3. The third-order valence-electron chi connectivity index (χ3n) is 11.1. The number of hydrogen-bond acceptors (Lipinski definition) is 2. The quantitative estimate of drug-likeness (QED) is 0.0478. The van der Waals surface area contributed by atoms with Crippen LogP contribution in [0, 0.1) is 23.7 Å². The van der Waals surface area contributed by atoms with Crippen LogP contribution in [-0.2, 0) is 9.53 Å². The molecule has 0 heterocycles. The maximum Gasteiger partial charge on any atom is 0.305 e. The summed E-state index contributed by atoms with van der Waals surface area (Å²) < 4.78 is 5.57. The van der Waals surface area contributed by atoms with Crippen LogP contribution in [0.1, 0.15) is 260 Å². The van der Waals surface area contributed by atoms with Crippen LogP contribution in [0.3, 0.4) is 0 Å². The third-order valence-corrected chi connectivity index (χ3v) is 11.1. The lowest BCUT2D eigenvalue weighted by molar-refractivity contribution is -0.144. The summed E-state index contributed by atoms with van der Waals surface area (Å²) in [6, 6.07) is 0. The van der Waals surface area contributed by atoms with E-state index >= 15 is 0 Å². The molecule has 0 radical (unpaired) electrons. The molecule has 0 aliphatic carbocycles. The van der Waals surface area contributed by atoms with E-state index in [-0.39, 0.29) is 5.97 Å². The molecule has 3 atom stereocenters. The summed E-state index contributed by atoms with van der Waals surface area (Å²) in [6.45, 7) is 14.8. The molecule has 0 fully saturated rings. The Labute approximate surface area is 304 Å². The fraction of sp³-hybridized carbons (Fsp3) is 0.978. The highest BCUT2D eigenvalue weighted by Gasteiger charge is 2.09. The average Bonchev–Trinajstić information content (AvgIpc) is 3.05. The number of esters is 1. The zero-order valence-electron chi connectivity index (χ0n) is 34.4. The number of hydrogen-bond donors (Lipinski definition) is 0. The fourth-order valence-electron chi connectivity index (χ4n) is 7.44. The van der Waals surface area contributed by atoms with Gasteiger partial charge in [0, 0.05) is 6.42 Å². The lowest BCUT2D eigenvalue weighted by Gasteiger charge is -2.16. The number of carbonyl (C=O) groups is 1. The van der Waals surface area contributed by atoms with Gasteiger partial charge in [-0.15, -0.1) is 0 Å². The minimum absolute atomic E-state index is 0.0257. The van der Waals surface area contributed by atoms with Crippen molar-refractivity contribution in [3.05, 3.63) is 0 Å². The molecule has 0 aromatic heterocycles. The van der Waals surface area contributed by atoms with Crippen molar-refractivity contribution in [1.82, 2.24) is 0 Å². The van der Waals surface area contributed by atoms with Crippen LogP contribution in [-0.4, -0.2) is 12.6 Å². The highest BCUT2D eigenvalue weighted by atomic mass is 16.5. The Morgan fingerprint density at radius 3 is 1.00 bits per heavy atom. The number of unbranched alkanes of at least 4 members (excludes halogenated alkanes) is 22. The Balaban J connectivity index is 3.35. The largest absolute Gasteiger partial charge is 0.466 e. The molecule has 0 aromatic carbocycles. The Kier molecular flexibility index (Phi) is 37.3. The summed E-state index contributed by atoms with van der Waals surface area (Å²) in [6.07, 6.45) is 46.2. The van der Waals surface area contributed by atoms with Gasteiger partial charge in [0.05, 0.1) is 6.61 Å². The zero-order valence-corrected chi connectivity index (χ0v) is 34.4. The van der Waals surface area contributed by atoms with Crippen molar-refractivity contribution in [2.75, 3.05) is 6.61 Å². The Morgan fingerprint density at radius 1 is 0.375 bits per heavy atom. The molecule has 0 saturated heterocycles. The molecule has 288 valence electrons. The highest BCUT2D eigenvalue weighted by Crippen LogP contribution is 2.23. The van der Waals surface area contributed by atoms with Gasteiger partial charge in [0.2, 0.25) is 0 Å². The summed E-state index contributed by atoms with van der Waals surface area (Å²) in [5, 5.41) is 0. The molecule has 0 rings (SSSR count). The first kappa shape index (κ1) is 47.5. The summed E-state index contributed by atoms with van der Waals surface area (Å²) in [7, 11) is 0. The van der Waals surface area contributed by atoms with E-state index in [0.717, 1.165) is 30.6 Å². The molecule has 3 unspecified atom stereocenters. The van der Waals surface area contributed by atoms with Crippen LogP contribution in [0.15, 0.2) is 0 Å². The Hall–Kier alpha value is -0.530. The summed E-state index contributed by atoms with van der Waals surface area (Å²) in [4.78, 5) is 12.2. The second kappa shape index (κ2) is 37.7. The van der Waals surface area contributed by atoms with Gasteiger partial charge in [0.25, 0.3) is 0 Å². The van der Waals surface area contributed by atoms with E-state index in [9.17, 15) is 4.79 Å². The van der Waals surface area contributed by atoms with E-state index < -0.39 is 0 Å². The van der Waals surface area contributed by atoms with Gasteiger partial charge in [0.15, 0.2) is 0 Å².